The van der Waals surface area contributed by atoms with Crippen molar-refractivity contribution in [3.8, 4) is 0 Å². The molecule has 0 aliphatic carbocycles. The second-order valence-electron chi connectivity index (χ2n) is 3.44. The molecule has 0 aliphatic heterocycles. The fourth-order valence-electron chi connectivity index (χ4n) is 1.29. The Kier molecular flexibility index (Phi) is 4.08. The number of ether oxygens (including phenoxy) is 1. The molecule has 0 fully saturated rings. The lowest BCUT2D eigenvalue weighted by Crippen LogP contribution is -2.10. The van der Waals surface area contributed by atoms with Crippen LogP contribution in [0.25, 0.3) is 0 Å². The van der Waals surface area contributed by atoms with E-state index >= 15 is 0 Å². The lowest BCUT2D eigenvalue weighted by Gasteiger charge is -2.06. The van der Waals surface area contributed by atoms with E-state index in [2.05, 4.69) is 25.0 Å². The van der Waals surface area contributed by atoms with E-state index in [1.807, 2.05) is 17.5 Å². The van der Waals surface area contributed by atoms with E-state index in [0.29, 0.717) is 12.2 Å². The number of methoxy groups -OCH3 is 1. The van der Waals surface area contributed by atoms with Gasteiger partial charge in [-0.3, -0.25) is 5.32 Å². The van der Waals surface area contributed by atoms with E-state index in [0.717, 1.165) is 11.4 Å². The van der Waals surface area contributed by atoms with Crippen LogP contribution in [0.15, 0.2) is 29.6 Å². The van der Waals surface area contributed by atoms with Crippen molar-refractivity contribution in [3.05, 3.63) is 35.3 Å². The largest absolute Gasteiger partial charge is 0.453 e. The maximum atomic E-state index is 11.0. The quantitative estimate of drug-likeness (QED) is 0.886. The van der Waals surface area contributed by atoms with E-state index in [9.17, 15) is 4.79 Å². The number of nitrogens with one attached hydrogen (secondary N) is 2. The van der Waals surface area contributed by atoms with Crippen LogP contribution >= 0.6 is 11.5 Å². The van der Waals surface area contributed by atoms with Crippen LogP contribution in [-0.4, -0.2) is 22.8 Å². The van der Waals surface area contributed by atoms with Gasteiger partial charge in [0.2, 0.25) is 0 Å². The van der Waals surface area contributed by atoms with Crippen molar-refractivity contribution in [3.63, 3.8) is 0 Å². The summed E-state index contributed by atoms with van der Waals surface area (Å²) in [6, 6.07) is 7.31. The van der Waals surface area contributed by atoms with Gasteiger partial charge >= 0.3 is 6.09 Å². The molecule has 6 nitrogen and oxygen atoms in total. The third-order valence-corrected chi connectivity index (χ3v) is 2.75. The van der Waals surface area contributed by atoms with Gasteiger partial charge in [-0.25, -0.2) is 4.79 Å². The summed E-state index contributed by atoms with van der Waals surface area (Å²) in [5, 5.41) is 11.6. The van der Waals surface area contributed by atoms with Crippen LogP contribution in [0.1, 0.15) is 5.69 Å². The molecule has 0 saturated carbocycles. The molecule has 7 heteroatoms. The molecule has 0 bridgehead atoms. The Hall–Kier alpha value is -2.15. The first kappa shape index (κ1) is 12.3. The van der Waals surface area contributed by atoms with Gasteiger partial charge in [0.1, 0.15) is 0 Å². The summed E-state index contributed by atoms with van der Waals surface area (Å²) in [6.45, 7) is 0.625. The van der Waals surface area contributed by atoms with Gasteiger partial charge in [-0.05, 0) is 35.8 Å². The van der Waals surface area contributed by atoms with Crippen molar-refractivity contribution in [2.45, 2.75) is 6.54 Å². The Balaban J connectivity index is 1.89. The van der Waals surface area contributed by atoms with Crippen LogP contribution in [0.4, 0.5) is 16.2 Å². The number of amides is 1. The third kappa shape index (κ3) is 3.42. The van der Waals surface area contributed by atoms with Crippen molar-refractivity contribution in [2.75, 3.05) is 17.7 Å². The number of nitrogens with zero attached hydrogens (tertiary/aromatic N) is 2. The molecule has 1 aromatic carbocycles. The Morgan fingerprint density at radius 3 is 2.67 bits per heavy atom. The number of carbonyl (C=O) groups is 1. The van der Waals surface area contributed by atoms with E-state index < -0.39 is 6.09 Å². The van der Waals surface area contributed by atoms with Crippen molar-refractivity contribution in [1.29, 1.82) is 0 Å². The Morgan fingerprint density at radius 1 is 1.33 bits per heavy atom. The average molecular weight is 264 g/mol. The van der Waals surface area contributed by atoms with Crippen LogP contribution in [0, 0.1) is 0 Å². The van der Waals surface area contributed by atoms with Gasteiger partial charge in [0.15, 0.2) is 0 Å². The highest BCUT2D eigenvalue weighted by Gasteiger charge is 2.00. The van der Waals surface area contributed by atoms with Crippen LogP contribution in [-0.2, 0) is 11.3 Å². The van der Waals surface area contributed by atoms with Gasteiger partial charge in [0.05, 0.1) is 19.3 Å². The second kappa shape index (κ2) is 5.97. The van der Waals surface area contributed by atoms with Crippen LogP contribution in [0.5, 0.6) is 0 Å². The fraction of sp³-hybridized carbons (Fsp3) is 0.182. The molecule has 1 heterocycles. The van der Waals surface area contributed by atoms with Gasteiger partial charge in [-0.15, -0.1) is 5.10 Å². The molecule has 0 aliphatic rings. The van der Waals surface area contributed by atoms with Gasteiger partial charge in [0, 0.05) is 16.8 Å². The van der Waals surface area contributed by atoms with E-state index in [-0.39, 0.29) is 0 Å². The number of rotatable bonds is 4. The zero-order chi connectivity index (χ0) is 12.8. The Bertz CT molecular complexity index is 498. The minimum atomic E-state index is -0.482. The van der Waals surface area contributed by atoms with E-state index in [1.54, 1.807) is 12.1 Å². The van der Waals surface area contributed by atoms with E-state index in [1.165, 1.54) is 18.6 Å². The maximum absolute atomic E-state index is 11.0. The van der Waals surface area contributed by atoms with Gasteiger partial charge in [-0.2, -0.15) is 0 Å². The zero-order valence-corrected chi connectivity index (χ0v) is 10.5. The summed E-state index contributed by atoms with van der Waals surface area (Å²) < 4.78 is 8.28. The predicted molar refractivity (Wildman–Crippen MR) is 69.7 cm³/mol. The van der Waals surface area contributed by atoms with Gasteiger partial charge in [0.25, 0.3) is 0 Å². The second-order valence-corrected chi connectivity index (χ2v) is 4.05. The fourth-order valence-corrected chi connectivity index (χ4v) is 1.75. The third-order valence-electron chi connectivity index (χ3n) is 2.20. The topological polar surface area (TPSA) is 76.1 Å². The molecule has 1 amide bonds. The zero-order valence-electron chi connectivity index (χ0n) is 9.71. The minimum absolute atomic E-state index is 0.482. The molecular formula is C11H12N4O2S. The number of anilines is 2. The van der Waals surface area contributed by atoms with Crippen LogP contribution < -0.4 is 10.6 Å². The van der Waals surface area contributed by atoms with Gasteiger partial charge < -0.3 is 10.1 Å². The lowest BCUT2D eigenvalue weighted by atomic mass is 10.3. The molecule has 18 heavy (non-hydrogen) atoms. The molecule has 0 saturated heterocycles. The van der Waals surface area contributed by atoms with Crippen molar-refractivity contribution in [1.82, 2.24) is 9.59 Å². The first-order chi connectivity index (χ1) is 8.78. The summed E-state index contributed by atoms with van der Waals surface area (Å²) >= 11 is 1.32. The number of aromatic nitrogens is 2. The maximum Gasteiger partial charge on any atom is 0.411 e. The Labute approximate surface area is 108 Å². The molecule has 0 atom stereocenters. The molecule has 2 N–H and O–H groups in total. The number of benzene rings is 1. The molecule has 0 radical (unpaired) electrons. The molecule has 2 aromatic rings. The first-order valence-electron chi connectivity index (χ1n) is 5.23. The highest BCUT2D eigenvalue weighted by Crippen LogP contribution is 2.14. The highest BCUT2D eigenvalue weighted by atomic mass is 32.1. The summed E-state index contributed by atoms with van der Waals surface area (Å²) in [5.74, 6) is 0. The Morgan fingerprint density at radius 2 is 2.06 bits per heavy atom. The average Bonchev–Trinajstić information content (AvgIpc) is 2.91. The smallest absolute Gasteiger partial charge is 0.411 e. The molecule has 0 spiro atoms. The standard InChI is InChI=1S/C11H12N4O2S/c1-17-11(16)13-9-4-2-8(3-5-9)12-6-10-7-18-15-14-10/h2-5,7,12H,6H2,1H3,(H,13,16). The van der Waals surface area contributed by atoms with Crippen LogP contribution in [0.2, 0.25) is 0 Å². The lowest BCUT2D eigenvalue weighted by molar-refractivity contribution is 0.187. The first-order valence-corrected chi connectivity index (χ1v) is 6.06. The summed E-state index contributed by atoms with van der Waals surface area (Å²) in [4.78, 5) is 11.0. The number of carbonyl (C=O) groups excluding carboxylic acids is 1. The monoisotopic (exact) mass is 264 g/mol. The SMILES string of the molecule is COC(=O)Nc1ccc(NCc2csnn2)cc1. The van der Waals surface area contributed by atoms with Crippen molar-refractivity contribution in [2.24, 2.45) is 0 Å². The predicted octanol–water partition coefficient (Wildman–Crippen LogP) is 2.33. The molecule has 0 unspecified atom stereocenters. The molecule has 2 rings (SSSR count). The normalized spacial score (nSPS) is 9.83. The number of hydrogen-bond acceptors (Lipinski definition) is 6. The molecule has 1 aromatic heterocycles. The number of hydrogen-bond donors (Lipinski definition) is 2. The molecule has 94 valence electrons. The highest BCUT2D eigenvalue weighted by molar-refractivity contribution is 7.03. The minimum Gasteiger partial charge on any atom is -0.453 e. The van der Waals surface area contributed by atoms with Crippen LogP contribution in [0.3, 0.4) is 0 Å². The summed E-state index contributed by atoms with van der Waals surface area (Å²) in [7, 11) is 1.33. The summed E-state index contributed by atoms with van der Waals surface area (Å²) in [6.07, 6.45) is -0.482. The summed E-state index contributed by atoms with van der Waals surface area (Å²) in [5.41, 5.74) is 2.53. The molecular weight excluding hydrogens is 252 g/mol. The van der Waals surface area contributed by atoms with Crippen molar-refractivity contribution < 1.29 is 9.53 Å². The van der Waals surface area contributed by atoms with E-state index in [4.69, 9.17) is 0 Å². The van der Waals surface area contributed by atoms with Gasteiger partial charge in [-0.1, -0.05) is 4.49 Å². The van der Waals surface area contributed by atoms with Crippen molar-refractivity contribution >= 4 is 29.0 Å².